The van der Waals surface area contributed by atoms with E-state index in [1.165, 1.54) is 37.7 Å². The minimum Gasteiger partial charge on any atom is -0.464 e. The first-order valence-corrected chi connectivity index (χ1v) is 9.39. The molecule has 0 amide bonds. The van der Waals surface area contributed by atoms with Crippen molar-refractivity contribution in [3.63, 3.8) is 0 Å². The zero-order valence-corrected chi connectivity index (χ0v) is 15.3. The minimum absolute atomic E-state index is 0.241. The van der Waals surface area contributed by atoms with Gasteiger partial charge in [0.25, 0.3) is 0 Å². The van der Waals surface area contributed by atoms with E-state index in [2.05, 4.69) is 26.0 Å². The fourth-order valence-electron chi connectivity index (χ4n) is 4.26. The van der Waals surface area contributed by atoms with Crippen molar-refractivity contribution in [1.29, 1.82) is 0 Å². The molecule has 1 aromatic carbocycles. The summed E-state index contributed by atoms with van der Waals surface area (Å²) in [4.78, 5) is 12.0. The zero-order chi connectivity index (χ0) is 17.6. The zero-order valence-electron chi connectivity index (χ0n) is 15.3. The number of aliphatic hydroxyl groups excluding tert-OH is 1. The van der Waals surface area contributed by atoms with E-state index < -0.39 is 12.1 Å². The smallest absolute Gasteiger partial charge is 0.334 e. The average molecular weight is 332 g/mol. The molecule has 1 aliphatic rings. The molecule has 2 rings (SSSR count). The summed E-state index contributed by atoms with van der Waals surface area (Å²) in [6.07, 6.45) is 5.75. The summed E-state index contributed by atoms with van der Waals surface area (Å²) in [5.41, 5.74) is 0.960. The first kappa shape index (κ1) is 19.0. The van der Waals surface area contributed by atoms with Crippen LogP contribution in [0.25, 0.3) is 0 Å². The van der Waals surface area contributed by atoms with E-state index in [1.807, 2.05) is 18.2 Å². The molecule has 0 aromatic heterocycles. The number of rotatable bonds is 7. The molecule has 0 radical (unpaired) electrons. The van der Waals surface area contributed by atoms with Gasteiger partial charge < -0.3 is 9.84 Å². The van der Waals surface area contributed by atoms with Gasteiger partial charge in [-0.05, 0) is 36.2 Å². The molecule has 134 valence electrons. The Hall–Kier alpha value is -1.35. The Morgan fingerprint density at radius 3 is 2.46 bits per heavy atom. The van der Waals surface area contributed by atoms with Gasteiger partial charge in [0.05, 0.1) is 6.61 Å². The molecule has 0 spiro atoms. The summed E-state index contributed by atoms with van der Waals surface area (Å²) in [5, 5.41) is 10.4. The monoisotopic (exact) mass is 332 g/mol. The molecule has 1 N–H and O–H groups in total. The van der Waals surface area contributed by atoms with Crippen molar-refractivity contribution < 1.29 is 14.6 Å². The van der Waals surface area contributed by atoms with Crippen molar-refractivity contribution in [3.05, 3.63) is 35.9 Å². The molecule has 24 heavy (non-hydrogen) atoms. The topological polar surface area (TPSA) is 46.5 Å². The van der Waals surface area contributed by atoms with Gasteiger partial charge in [-0.2, -0.15) is 0 Å². The number of carbonyl (C=O) groups is 1. The molecular formula is C21H32O3. The molecule has 0 heterocycles. The highest BCUT2D eigenvalue weighted by atomic mass is 16.5. The predicted molar refractivity (Wildman–Crippen MR) is 96.8 cm³/mol. The molecule has 0 bridgehead atoms. The lowest BCUT2D eigenvalue weighted by Crippen LogP contribution is -2.41. The number of hydrogen-bond donors (Lipinski definition) is 1. The van der Waals surface area contributed by atoms with Crippen molar-refractivity contribution >= 4 is 5.97 Å². The molecule has 0 saturated heterocycles. The Labute approximate surface area is 146 Å². The molecule has 1 saturated carbocycles. The van der Waals surface area contributed by atoms with Crippen LogP contribution in [0.3, 0.4) is 0 Å². The second-order valence-electron chi connectivity index (χ2n) is 7.44. The number of aliphatic hydroxyl groups is 1. The van der Waals surface area contributed by atoms with Gasteiger partial charge in [0, 0.05) is 0 Å². The number of hydrogen-bond acceptors (Lipinski definition) is 3. The van der Waals surface area contributed by atoms with Crippen LogP contribution in [-0.2, 0) is 14.9 Å². The van der Waals surface area contributed by atoms with E-state index in [9.17, 15) is 9.90 Å². The lowest BCUT2D eigenvalue weighted by Gasteiger charge is -2.43. The molecule has 3 heteroatoms. The molecule has 1 fully saturated rings. The van der Waals surface area contributed by atoms with Gasteiger partial charge in [-0.1, -0.05) is 76.3 Å². The fourth-order valence-corrected chi connectivity index (χ4v) is 4.26. The fraction of sp³-hybridized carbons (Fsp3) is 0.667. The van der Waals surface area contributed by atoms with Gasteiger partial charge in [0.2, 0.25) is 0 Å². The highest BCUT2D eigenvalue weighted by Crippen LogP contribution is 2.44. The van der Waals surface area contributed by atoms with E-state index in [1.54, 1.807) is 6.92 Å². The maximum atomic E-state index is 12.0. The van der Waals surface area contributed by atoms with Gasteiger partial charge in [-0.25, -0.2) is 4.79 Å². The van der Waals surface area contributed by atoms with E-state index >= 15 is 0 Å². The molecule has 3 atom stereocenters. The Morgan fingerprint density at radius 2 is 1.88 bits per heavy atom. The average Bonchev–Trinajstić information content (AvgIpc) is 2.62. The minimum atomic E-state index is -1.07. The Bertz CT molecular complexity index is 507. The third kappa shape index (κ3) is 4.38. The van der Waals surface area contributed by atoms with Crippen LogP contribution in [0.2, 0.25) is 0 Å². The summed E-state index contributed by atoms with van der Waals surface area (Å²) in [5.74, 6) is 0.554. The molecule has 3 unspecified atom stereocenters. The Balaban J connectivity index is 2.25. The Kier molecular flexibility index (Phi) is 6.85. The van der Waals surface area contributed by atoms with Crippen molar-refractivity contribution in [2.24, 2.45) is 11.8 Å². The van der Waals surface area contributed by atoms with Crippen molar-refractivity contribution in [1.82, 2.24) is 0 Å². The van der Waals surface area contributed by atoms with Crippen LogP contribution in [0.15, 0.2) is 30.3 Å². The SMILES string of the molecule is CCOC(=O)C(O)CC(C)(c1ccccc1)C(C)C1CCCCC1. The quantitative estimate of drug-likeness (QED) is 0.749. The highest BCUT2D eigenvalue weighted by Gasteiger charge is 2.40. The predicted octanol–water partition coefficient (Wildman–Crippen LogP) is 4.47. The highest BCUT2D eigenvalue weighted by molar-refractivity contribution is 5.74. The largest absolute Gasteiger partial charge is 0.464 e. The van der Waals surface area contributed by atoms with Gasteiger partial charge in [-0.3, -0.25) is 0 Å². The molecular weight excluding hydrogens is 300 g/mol. The normalized spacial score (nSPS) is 20.8. The van der Waals surface area contributed by atoms with Crippen molar-refractivity contribution in [2.45, 2.75) is 70.8 Å². The lowest BCUT2D eigenvalue weighted by molar-refractivity contribution is -0.154. The molecule has 1 aliphatic carbocycles. The first-order valence-electron chi connectivity index (χ1n) is 9.39. The summed E-state index contributed by atoms with van der Waals surface area (Å²) in [7, 11) is 0. The van der Waals surface area contributed by atoms with Crippen LogP contribution in [0.1, 0.15) is 64.9 Å². The van der Waals surface area contributed by atoms with Crippen LogP contribution >= 0.6 is 0 Å². The second-order valence-corrected chi connectivity index (χ2v) is 7.44. The number of benzene rings is 1. The van der Waals surface area contributed by atoms with Crippen molar-refractivity contribution in [2.75, 3.05) is 6.61 Å². The summed E-state index contributed by atoms with van der Waals surface area (Å²) >= 11 is 0. The van der Waals surface area contributed by atoms with Crippen LogP contribution in [0, 0.1) is 11.8 Å². The molecule has 1 aromatic rings. The first-order chi connectivity index (χ1) is 11.5. The molecule has 0 aliphatic heterocycles. The molecule has 3 nitrogen and oxygen atoms in total. The lowest BCUT2D eigenvalue weighted by atomic mass is 9.62. The van der Waals surface area contributed by atoms with Crippen LogP contribution < -0.4 is 0 Å². The Morgan fingerprint density at radius 1 is 1.25 bits per heavy atom. The summed E-state index contributed by atoms with van der Waals surface area (Å²) in [6, 6.07) is 10.3. The summed E-state index contributed by atoms with van der Waals surface area (Å²) < 4.78 is 5.02. The van der Waals surface area contributed by atoms with E-state index in [4.69, 9.17) is 4.74 Å². The van der Waals surface area contributed by atoms with Gasteiger partial charge >= 0.3 is 5.97 Å². The van der Waals surface area contributed by atoms with Crippen LogP contribution in [0.4, 0.5) is 0 Å². The number of ether oxygens (including phenoxy) is 1. The third-order valence-corrected chi connectivity index (χ3v) is 5.97. The summed E-state index contributed by atoms with van der Waals surface area (Å²) in [6.45, 7) is 6.56. The van der Waals surface area contributed by atoms with Gasteiger partial charge in [0.15, 0.2) is 6.10 Å². The third-order valence-electron chi connectivity index (χ3n) is 5.97. The maximum absolute atomic E-state index is 12.0. The van der Waals surface area contributed by atoms with Gasteiger partial charge in [-0.15, -0.1) is 0 Å². The number of carbonyl (C=O) groups excluding carboxylic acids is 1. The van der Waals surface area contributed by atoms with Gasteiger partial charge in [0.1, 0.15) is 0 Å². The second kappa shape index (κ2) is 8.66. The van der Waals surface area contributed by atoms with Crippen LogP contribution in [-0.4, -0.2) is 23.8 Å². The number of esters is 1. The van der Waals surface area contributed by atoms with Crippen molar-refractivity contribution in [3.8, 4) is 0 Å². The standard InChI is InChI=1S/C21H32O3/c1-4-24-20(23)19(22)15-21(3,18-13-9-6-10-14-18)16(2)17-11-7-5-8-12-17/h6,9-10,13-14,16-17,19,22H,4-5,7-8,11-12,15H2,1-3H3. The van der Waals surface area contributed by atoms with Crippen LogP contribution in [0.5, 0.6) is 0 Å². The van der Waals surface area contributed by atoms with E-state index in [-0.39, 0.29) is 5.41 Å². The van der Waals surface area contributed by atoms with E-state index in [0.717, 1.165) is 0 Å². The van der Waals surface area contributed by atoms with E-state index in [0.29, 0.717) is 24.9 Å². The maximum Gasteiger partial charge on any atom is 0.334 e.